The van der Waals surface area contributed by atoms with Gasteiger partial charge >= 0.3 is 39.5 Å². The van der Waals surface area contributed by atoms with E-state index in [1.165, 1.54) is 199 Å². The lowest BCUT2D eigenvalue weighted by molar-refractivity contribution is -0.161. The molecule has 0 aliphatic heterocycles. The molecule has 95 heavy (non-hydrogen) atoms. The van der Waals surface area contributed by atoms with Crippen molar-refractivity contribution in [3.05, 3.63) is 0 Å². The number of rotatable bonds is 74. The lowest BCUT2D eigenvalue weighted by Crippen LogP contribution is -2.30. The highest BCUT2D eigenvalue weighted by Gasteiger charge is 2.30. The lowest BCUT2D eigenvalue weighted by atomic mass is 10.0. The first kappa shape index (κ1) is 93.1. The minimum absolute atomic E-state index is 0.107. The molecule has 0 aromatic carbocycles. The van der Waals surface area contributed by atoms with E-state index in [0.717, 1.165) is 108 Å². The Labute approximate surface area is 581 Å². The van der Waals surface area contributed by atoms with Crippen molar-refractivity contribution in [1.82, 2.24) is 0 Å². The fraction of sp³-hybridized carbons (Fsp3) is 0.947. The standard InChI is InChI=1S/C76H148O17P2/c1-8-9-10-11-12-13-14-22-29-38-45-52-59-75(80)93-72(64-87-74(79)58-51-44-37-32-31-35-42-49-56-69(6)7)66-91-95(84,85)89-62-70(77)61-88-94(82,83)90-65-71(63-86-73(78)57-50-43-36-28-25-24-27-34-41-48-55-68(4)5)92-76(81)60-53-46-39-30-23-20-18-16-15-17-19-21-26-33-40-47-54-67(2)3/h67-72,77H,8-66H2,1-7H3,(H,82,83)(H,84,85)/t70-,71-,72-/m1/s1. The average molecular weight is 1400 g/mol. The van der Waals surface area contributed by atoms with E-state index in [2.05, 4.69) is 48.5 Å². The second-order valence-electron chi connectivity index (χ2n) is 28.8. The predicted octanol–water partition coefficient (Wildman–Crippen LogP) is 22.2. The fourth-order valence-electron chi connectivity index (χ4n) is 11.6. The van der Waals surface area contributed by atoms with Crippen LogP contribution in [-0.2, 0) is 65.4 Å². The van der Waals surface area contributed by atoms with Gasteiger partial charge in [-0.15, -0.1) is 0 Å². The molecule has 0 saturated carbocycles. The third-order valence-corrected chi connectivity index (χ3v) is 19.5. The molecule has 0 rings (SSSR count). The summed E-state index contributed by atoms with van der Waals surface area (Å²) in [6.45, 7) is 11.9. The molecular formula is C76H148O17P2. The van der Waals surface area contributed by atoms with E-state index in [1.54, 1.807) is 0 Å². The van der Waals surface area contributed by atoms with Crippen LogP contribution in [0.25, 0.3) is 0 Å². The number of aliphatic hydroxyl groups is 1. The van der Waals surface area contributed by atoms with Crippen LogP contribution in [0.4, 0.5) is 0 Å². The minimum Gasteiger partial charge on any atom is -0.462 e. The van der Waals surface area contributed by atoms with Crippen LogP contribution in [0.15, 0.2) is 0 Å². The summed E-state index contributed by atoms with van der Waals surface area (Å²) in [5, 5.41) is 10.6. The highest BCUT2D eigenvalue weighted by molar-refractivity contribution is 7.47. The molecule has 0 bridgehead atoms. The molecule has 0 aromatic heterocycles. The maximum Gasteiger partial charge on any atom is 0.472 e. The molecule has 2 unspecified atom stereocenters. The molecule has 0 spiro atoms. The summed E-state index contributed by atoms with van der Waals surface area (Å²) in [5.74, 6) is 0.177. The molecule has 0 fully saturated rings. The van der Waals surface area contributed by atoms with Gasteiger partial charge in [-0.2, -0.15) is 0 Å². The van der Waals surface area contributed by atoms with E-state index in [4.69, 9.17) is 37.0 Å². The smallest absolute Gasteiger partial charge is 0.462 e. The summed E-state index contributed by atoms with van der Waals surface area (Å²) in [6.07, 6.45) is 52.7. The number of hydrogen-bond donors (Lipinski definition) is 3. The summed E-state index contributed by atoms with van der Waals surface area (Å²) in [4.78, 5) is 72.8. The number of esters is 4. The van der Waals surface area contributed by atoms with Gasteiger partial charge in [0.1, 0.15) is 19.3 Å². The van der Waals surface area contributed by atoms with Crippen LogP contribution in [0, 0.1) is 17.8 Å². The van der Waals surface area contributed by atoms with E-state index >= 15 is 0 Å². The van der Waals surface area contributed by atoms with Gasteiger partial charge in [-0.25, -0.2) is 9.13 Å². The Kier molecular flexibility index (Phi) is 65.2. The van der Waals surface area contributed by atoms with Crippen molar-refractivity contribution in [2.24, 2.45) is 17.8 Å². The molecule has 5 atom stereocenters. The van der Waals surface area contributed by atoms with Crippen molar-refractivity contribution in [1.29, 1.82) is 0 Å². The Bertz CT molecular complexity index is 1850. The molecule has 0 aliphatic carbocycles. The van der Waals surface area contributed by atoms with E-state index in [1.807, 2.05) is 0 Å². The lowest BCUT2D eigenvalue weighted by Gasteiger charge is -2.21. The number of hydrogen-bond acceptors (Lipinski definition) is 15. The Morgan fingerprint density at radius 2 is 0.484 bits per heavy atom. The zero-order valence-corrected chi connectivity index (χ0v) is 63.9. The number of phosphoric ester groups is 2. The van der Waals surface area contributed by atoms with Crippen LogP contribution < -0.4 is 0 Å². The van der Waals surface area contributed by atoms with Crippen LogP contribution in [-0.4, -0.2) is 96.7 Å². The van der Waals surface area contributed by atoms with Gasteiger partial charge in [-0.1, -0.05) is 337 Å². The zero-order chi connectivity index (χ0) is 70.1. The van der Waals surface area contributed by atoms with Gasteiger partial charge < -0.3 is 33.8 Å². The second-order valence-corrected chi connectivity index (χ2v) is 31.7. The quantitative estimate of drug-likeness (QED) is 0.0222. The van der Waals surface area contributed by atoms with Gasteiger partial charge in [0.05, 0.1) is 26.4 Å². The number of aliphatic hydroxyl groups excluding tert-OH is 1. The molecule has 17 nitrogen and oxygen atoms in total. The van der Waals surface area contributed by atoms with Crippen molar-refractivity contribution < 1.29 is 80.2 Å². The molecule has 3 N–H and O–H groups in total. The van der Waals surface area contributed by atoms with Crippen molar-refractivity contribution in [3.63, 3.8) is 0 Å². The second kappa shape index (κ2) is 66.6. The maximum absolute atomic E-state index is 13.1. The summed E-state index contributed by atoms with van der Waals surface area (Å²) in [6, 6.07) is 0. The molecule has 0 radical (unpaired) electrons. The van der Waals surface area contributed by atoms with Crippen LogP contribution in [0.2, 0.25) is 0 Å². The first-order valence-electron chi connectivity index (χ1n) is 39.3. The summed E-state index contributed by atoms with van der Waals surface area (Å²) < 4.78 is 68.5. The van der Waals surface area contributed by atoms with E-state index in [0.29, 0.717) is 25.7 Å². The fourth-order valence-corrected chi connectivity index (χ4v) is 13.2. The Morgan fingerprint density at radius 1 is 0.284 bits per heavy atom. The zero-order valence-electron chi connectivity index (χ0n) is 62.1. The summed E-state index contributed by atoms with van der Waals surface area (Å²) in [7, 11) is -9.91. The van der Waals surface area contributed by atoms with Crippen molar-refractivity contribution in [2.45, 2.75) is 407 Å². The monoisotopic (exact) mass is 1400 g/mol. The number of unbranched alkanes of at least 4 members (excludes halogenated alkanes) is 42. The van der Waals surface area contributed by atoms with E-state index in [-0.39, 0.29) is 25.7 Å². The van der Waals surface area contributed by atoms with Crippen LogP contribution in [0.5, 0.6) is 0 Å². The third-order valence-electron chi connectivity index (χ3n) is 17.6. The Hall–Kier alpha value is -1.94. The van der Waals surface area contributed by atoms with Crippen LogP contribution >= 0.6 is 15.6 Å². The molecule has 0 amide bonds. The molecule has 0 aliphatic rings. The van der Waals surface area contributed by atoms with Crippen LogP contribution in [0.3, 0.4) is 0 Å². The summed E-state index contributed by atoms with van der Waals surface area (Å²) in [5.41, 5.74) is 0. The van der Waals surface area contributed by atoms with Gasteiger partial charge in [0, 0.05) is 25.7 Å². The molecule has 0 aromatic rings. The number of phosphoric acid groups is 2. The van der Waals surface area contributed by atoms with Gasteiger partial charge in [-0.05, 0) is 43.4 Å². The van der Waals surface area contributed by atoms with Crippen molar-refractivity contribution >= 4 is 39.5 Å². The maximum atomic E-state index is 13.1. The first-order chi connectivity index (χ1) is 45.7. The number of carbonyl (C=O) groups is 4. The first-order valence-corrected chi connectivity index (χ1v) is 42.3. The number of ether oxygens (including phenoxy) is 4. The van der Waals surface area contributed by atoms with Gasteiger partial charge in [0.2, 0.25) is 0 Å². The minimum atomic E-state index is -4.96. The highest BCUT2D eigenvalue weighted by Crippen LogP contribution is 2.45. The molecule has 0 heterocycles. The van der Waals surface area contributed by atoms with Crippen molar-refractivity contribution in [3.8, 4) is 0 Å². The topological polar surface area (TPSA) is 237 Å². The molecule has 564 valence electrons. The Morgan fingerprint density at radius 3 is 0.716 bits per heavy atom. The van der Waals surface area contributed by atoms with Gasteiger partial charge in [0.15, 0.2) is 12.2 Å². The predicted molar refractivity (Wildman–Crippen MR) is 386 cm³/mol. The summed E-state index contributed by atoms with van der Waals surface area (Å²) >= 11 is 0. The van der Waals surface area contributed by atoms with Gasteiger partial charge in [-0.3, -0.25) is 37.3 Å². The molecule has 19 heteroatoms. The largest absolute Gasteiger partial charge is 0.472 e. The SMILES string of the molecule is CCCCCCCCCCCCCCC(=O)O[C@H](COC(=O)CCCCCCCCCCC(C)C)COP(=O)(O)OC[C@H](O)COP(=O)(O)OC[C@@H](COC(=O)CCCCCCCCCCCCC(C)C)OC(=O)CCCCCCCCCCCCCCCCCCC(C)C. The third kappa shape index (κ3) is 70.3. The average Bonchev–Trinajstić information content (AvgIpc) is 1.69. The molecule has 0 saturated heterocycles. The normalized spacial score (nSPS) is 14.1. The molecular weight excluding hydrogens is 1250 g/mol. The van der Waals surface area contributed by atoms with E-state index < -0.39 is 97.5 Å². The van der Waals surface area contributed by atoms with Crippen molar-refractivity contribution in [2.75, 3.05) is 39.6 Å². The van der Waals surface area contributed by atoms with E-state index in [9.17, 15) is 43.2 Å². The van der Waals surface area contributed by atoms with Gasteiger partial charge in [0.25, 0.3) is 0 Å². The highest BCUT2D eigenvalue weighted by atomic mass is 31.2. The Balaban J connectivity index is 5.23. The number of carbonyl (C=O) groups excluding carboxylic acids is 4. The van der Waals surface area contributed by atoms with Crippen LogP contribution in [0.1, 0.15) is 389 Å².